The van der Waals surface area contributed by atoms with Crippen LogP contribution in [-0.4, -0.2) is 29.0 Å². The Bertz CT molecular complexity index is 1560. The zero-order valence-electron chi connectivity index (χ0n) is 20.8. The van der Waals surface area contributed by atoms with Crippen LogP contribution in [0.2, 0.25) is 0 Å². The van der Waals surface area contributed by atoms with Crippen molar-refractivity contribution in [3.05, 3.63) is 119 Å². The molecule has 0 bridgehead atoms. The number of methoxy groups -OCH3 is 1. The van der Waals surface area contributed by atoms with Crippen molar-refractivity contribution in [3.63, 3.8) is 0 Å². The molecular weight excluding hydrogens is 482 g/mol. The van der Waals surface area contributed by atoms with Gasteiger partial charge in [0.1, 0.15) is 28.8 Å². The summed E-state index contributed by atoms with van der Waals surface area (Å²) in [4.78, 5) is 28.1. The predicted octanol–water partition coefficient (Wildman–Crippen LogP) is 6.13. The van der Waals surface area contributed by atoms with Crippen molar-refractivity contribution in [1.29, 1.82) is 0 Å². The number of hydrogen-bond acceptors (Lipinski definition) is 6. The average Bonchev–Trinajstić information content (AvgIpc) is 3.19. The number of phenolic OH excluding ortho intramolecular Hbond substituents is 1. The Morgan fingerprint density at radius 1 is 0.816 bits per heavy atom. The Labute approximate surface area is 219 Å². The minimum Gasteiger partial charge on any atom is -0.507 e. The molecule has 4 aromatic carbocycles. The van der Waals surface area contributed by atoms with E-state index in [1.165, 1.54) is 18.1 Å². The van der Waals surface area contributed by atoms with Crippen LogP contribution in [0, 0.1) is 6.92 Å². The number of ether oxygens (including phenoxy) is 2. The number of nitrogens with zero attached hydrogens (tertiary/aromatic N) is 1. The molecule has 190 valence electrons. The molecular formula is C31H25NO6. The molecule has 1 atom stereocenters. The van der Waals surface area contributed by atoms with Crippen LogP contribution in [-0.2, 0) is 9.59 Å². The fraction of sp³-hybridized carbons (Fsp3) is 0.0968. The molecule has 1 heterocycles. The van der Waals surface area contributed by atoms with Gasteiger partial charge in [0, 0.05) is 5.56 Å². The zero-order chi connectivity index (χ0) is 26.8. The average molecular weight is 508 g/mol. The number of aryl methyl sites for hydroxylation is 1. The number of carbonyl (C=O) groups excluding carboxylic acids is 2. The van der Waals surface area contributed by atoms with Crippen LogP contribution in [0.4, 0.5) is 5.69 Å². The lowest BCUT2D eigenvalue weighted by Crippen LogP contribution is -2.29. The molecule has 1 fully saturated rings. The van der Waals surface area contributed by atoms with Gasteiger partial charge >= 0.3 is 0 Å². The van der Waals surface area contributed by atoms with Crippen molar-refractivity contribution in [2.45, 2.75) is 13.0 Å². The quantitative estimate of drug-likeness (QED) is 0.185. The summed E-state index contributed by atoms with van der Waals surface area (Å²) in [6.45, 7) is 1.78. The maximum absolute atomic E-state index is 13.5. The zero-order valence-corrected chi connectivity index (χ0v) is 20.8. The second-order valence-electron chi connectivity index (χ2n) is 8.83. The van der Waals surface area contributed by atoms with Crippen molar-refractivity contribution < 1.29 is 29.3 Å². The molecule has 0 radical (unpaired) electrons. The predicted molar refractivity (Wildman–Crippen MR) is 144 cm³/mol. The second kappa shape index (κ2) is 10.1. The molecule has 1 aliphatic heterocycles. The molecule has 2 N–H and O–H groups in total. The number of aliphatic hydroxyl groups is 1. The molecule has 4 aromatic rings. The first-order chi connectivity index (χ1) is 18.4. The van der Waals surface area contributed by atoms with Gasteiger partial charge in [0.05, 0.1) is 24.4 Å². The number of aromatic hydroxyl groups is 1. The van der Waals surface area contributed by atoms with Crippen LogP contribution in [0.15, 0.2) is 103 Å². The van der Waals surface area contributed by atoms with Crippen LogP contribution in [0.1, 0.15) is 22.7 Å². The molecule has 1 amide bonds. The van der Waals surface area contributed by atoms with Gasteiger partial charge in [-0.1, -0.05) is 42.5 Å². The molecule has 7 nitrogen and oxygen atoms in total. The van der Waals surface area contributed by atoms with E-state index in [0.717, 1.165) is 0 Å². The first-order valence-corrected chi connectivity index (χ1v) is 12.0. The van der Waals surface area contributed by atoms with Crippen molar-refractivity contribution in [2.24, 2.45) is 0 Å². The highest BCUT2D eigenvalue weighted by molar-refractivity contribution is 6.52. The van der Waals surface area contributed by atoms with Crippen LogP contribution >= 0.6 is 0 Å². The number of benzene rings is 4. The molecule has 5 rings (SSSR count). The van der Waals surface area contributed by atoms with Gasteiger partial charge in [0.2, 0.25) is 0 Å². The second-order valence-corrected chi connectivity index (χ2v) is 8.83. The summed E-state index contributed by atoms with van der Waals surface area (Å²) in [6, 6.07) is 26.5. The van der Waals surface area contributed by atoms with Crippen molar-refractivity contribution >= 4 is 23.1 Å². The summed E-state index contributed by atoms with van der Waals surface area (Å²) >= 11 is 0. The number of hydrogen-bond donors (Lipinski definition) is 2. The summed E-state index contributed by atoms with van der Waals surface area (Å²) in [5.41, 5.74) is 1.63. The number of para-hydroxylation sites is 3. The third-order valence-corrected chi connectivity index (χ3v) is 6.43. The molecule has 7 heteroatoms. The van der Waals surface area contributed by atoms with Gasteiger partial charge < -0.3 is 19.7 Å². The van der Waals surface area contributed by atoms with Crippen molar-refractivity contribution in [2.75, 3.05) is 12.0 Å². The summed E-state index contributed by atoms with van der Waals surface area (Å²) in [6.07, 6.45) is 0. The topological polar surface area (TPSA) is 96.3 Å². The van der Waals surface area contributed by atoms with E-state index in [-0.39, 0.29) is 22.8 Å². The highest BCUT2D eigenvalue weighted by Gasteiger charge is 2.47. The smallest absolute Gasteiger partial charge is 0.300 e. The first-order valence-electron chi connectivity index (χ1n) is 12.0. The number of anilines is 1. The number of amides is 1. The van der Waals surface area contributed by atoms with E-state index in [4.69, 9.17) is 9.47 Å². The van der Waals surface area contributed by atoms with Gasteiger partial charge in [-0.15, -0.1) is 0 Å². The van der Waals surface area contributed by atoms with E-state index in [1.54, 1.807) is 67.6 Å². The van der Waals surface area contributed by atoms with Gasteiger partial charge in [0.15, 0.2) is 0 Å². The number of aliphatic hydroxyl groups excluding tert-OH is 1. The maximum atomic E-state index is 13.5. The van der Waals surface area contributed by atoms with Gasteiger partial charge in [-0.3, -0.25) is 14.5 Å². The minimum absolute atomic E-state index is 0.0941. The minimum atomic E-state index is -1.02. The van der Waals surface area contributed by atoms with Crippen LogP contribution < -0.4 is 14.4 Å². The Morgan fingerprint density at radius 2 is 1.53 bits per heavy atom. The molecule has 1 saturated heterocycles. The van der Waals surface area contributed by atoms with Gasteiger partial charge in [0.25, 0.3) is 11.7 Å². The largest absolute Gasteiger partial charge is 0.507 e. The number of ketones is 1. The summed E-state index contributed by atoms with van der Waals surface area (Å²) in [7, 11) is 1.54. The van der Waals surface area contributed by atoms with Gasteiger partial charge in [-0.05, 0) is 72.6 Å². The third kappa shape index (κ3) is 4.46. The van der Waals surface area contributed by atoms with Crippen LogP contribution in [0.5, 0.6) is 23.0 Å². The Kier molecular flexibility index (Phi) is 6.58. The summed E-state index contributed by atoms with van der Waals surface area (Å²) in [5, 5.41) is 22.1. The van der Waals surface area contributed by atoms with E-state index in [0.29, 0.717) is 33.9 Å². The monoisotopic (exact) mass is 507 g/mol. The molecule has 0 spiro atoms. The number of carbonyl (C=O) groups is 2. The molecule has 0 saturated carbocycles. The Balaban J connectivity index is 1.69. The van der Waals surface area contributed by atoms with Crippen LogP contribution in [0.25, 0.3) is 5.76 Å². The molecule has 38 heavy (non-hydrogen) atoms. The third-order valence-electron chi connectivity index (χ3n) is 6.43. The standard InChI is InChI=1S/C31H25NO6/c1-19-17-22(37-2)15-16-24(19)29(34)27-28(32(31(36)30(27)35)25-13-6-7-14-26(25)33)20-9-8-12-23(18-20)38-21-10-4-3-5-11-21/h3-18,28,33-34H,1-2H3/b29-27+. The Hall–Kier alpha value is -5.04. The lowest BCUT2D eigenvalue weighted by Gasteiger charge is -2.26. The normalized spacial score (nSPS) is 16.5. The molecule has 0 aliphatic carbocycles. The van der Waals surface area contributed by atoms with Crippen molar-refractivity contribution in [3.8, 4) is 23.0 Å². The number of rotatable bonds is 6. The van der Waals surface area contributed by atoms with E-state index < -0.39 is 17.7 Å². The Morgan fingerprint density at radius 3 is 2.24 bits per heavy atom. The summed E-state index contributed by atoms with van der Waals surface area (Å²) in [5.74, 6) is -0.516. The van der Waals surface area contributed by atoms with Crippen molar-refractivity contribution in [1.82, 2.24) is 0 Å². The van der Waals surface area contributed by atoms with E-state index in [2.05, 4.69) is 0 Å². The van der Waals surface area contributed by atoms with Gasteiger partial charge in [-0.25, -0.2) is 0 Å². The van der Waals surface area contributed by atoms with Crippen LogP contribution in [0.3, 0.4) is 0 Å². The fourth-order valence-corrected chi connectivity index (χ4v) is 4.61. The van der Waals surface area contributed by atoms with E-state index in [1.807, 2.05) is 30.3 Å². The lowest BCUT2D eigenvalue weighted by molar-refractivity contribution is -0.132. The highest BCUT2D eigenvalue weighted by Crippen LogP contribution is 2.45. The maximum Gasteiger partial charge on any atom is 0.300 e. The molecule has 0 aromatic heterocycles. The van der Waals surface area contributed by atoms with E-state index in [9.17, 15) is 19.8 Å². The molecule has 1 unspecified atom stereocenters. The number of Topliss-reactive ketones (excluding diaryl/α,β-unsaturated/α-hetero) is 1. The lowest BCUT2D eigenvalue weighted by atomic mass is 9.93. The van der Waals surface area contributed by atoms with E-state index >= 15 is 0 Å². The fourth-order valence-electron chi connectivity index (χ4n) is 4.61. The summed E-state index contributed by atoms with van der Waals surface area (Å²) < 4.78 is 11.3. The highest BCUT2D eigenvalue weighted by atomic mass is 16.5. The van der Waals surface area contributed by atoms with Gasteiger partial charge in [-0.2, -0.15) is 0 Å². The first kappa shape index (κ1) is 24.6. The molecule has 1 aliphatic rings. The number of phenols is 1. The SMILES string of the molecule is COc1ccc(/C(O)=C2\C(=O)C(=O)N(c3ccccc3O)C2c2cccc(Oc3ccccc3)c2)c(C)c1.